The molecule has 0 radical (unpaired) electrons. The SMILES string of the molecule is Cc1ccc2oc(C(=O)CCOCC(F)F)cc2c1. The van der Waals surface area contributed by atoms with Crippen molar-refractivity contribution in [3.8, 4) is 0 Å². The van der Waals surface area contributed by atoms with Gasteiger partial charge in [0.2, 0.25) is 0 Å². The van der Waals surface area contributed by atoms with E-state index in [2.05, 4.69) is 4.74 Å². The Bertz CT molecular complexity index is 575. The Morgan fingerprint density at radius 2 is 2.16 bits per heavy atom. The van der Waals surface area contributed by atoms with Crippen LogP contribution in [0.15, 0.2) is 28.7 Å². The maximum Gasteiger partial charge on any atom is 0.261 e. The van der Waals surface area contributed by atoms with E-state index in [-0.39, 0.29) is 24.6 Å². The van der Waals surface area contributed by atoms with Gasteiger partial charge in [-0.05, 0) is 25.1 Å². The molecule has 0 aliphatic rings. The van der Waals surface area contributed by atoms with Crippen LogP contribution in [0.5, 0.6) is 0 Å². The number of Topliss-reactive ketones (excluding diaryl/α,β-unsaturated/α-hetero) is 1. The van der Waals surface area contributed by atoms with Crippen molar-refractivity contribution < 1.29 is 22.7 Å². The Labute approximate surface area is 109 Å². The van der Waals surface area contributed by atoms with Crippen LogP contribution in [0, 0.1) is 6.92 Å². The number of alkyl halides is 2. The third-order valence-corrected chi connectivity index (χ3v) is 2.66. The summed E-state index contributed by atoms with van der Waals surface area (Å²) in [6.45, 7) is 1.28. The average molecular weight is 268 g/mol. The predicted octanol–water partition coefficient (Wildman–Crippen LogP) is 3.60. The highest BCUT2D eigenvalue weighted by atomic mass is 19.3. The van der Waals surface area contributed by atoms with Crippen LogP contribution in [-0.4, -0.2) is 25.4 Å². The lowest BCUT2D eigenvalue weighted by Crippen LogP contribution is -2.09. The van der Waals surface area contributed by atoms with Gasteiger partial charge in [0, 0.05) is 11.8 Å². The highest BCUT2D eigenvalue weighted by Gasteiger charge is 2.12. The first-order valence-electron chi connectivity index (χ1n) is 5.95. The molecule has 0 N–H and O–H groups in total. The van der Waals surface area contributed by atoms with E-state index in [0.29, 0.717) is 5.58 Å². The van der Waals surface area contributed by atoms with Crippen molar-refractivity contribution in [2.45, 2.75) is 19.8 Å². The molecule has 0 bridgehead atoms. The molecule has 0 amide bonds. The number of halogens is 2. The van der Waals surface area contributed by atoms with Gasteiger partial charge in [-0.3, -0.25) is 4.79 Å². The molecule has 0 saturated carbocycles. The number of hydrogen-bond acceptors (Lipinski definition) is 3. The standard InChI is InChI=1S/C14H14F2O3/c1-9-2-3-12-10(6-9)7-13(19-12)11(17)4-5-18-8-14(15)16/h2-3,6-7,14H,4-5,8H2,1H3. The van der Waals surface area contributed by atoms with Gasteiger partial charge in [0.25, 0.3) is 6.43 Å². The highest BCUT2D eigenvalue weighted by molar-refractivity contribution is 5.97. The molecule has 0 unspecified atom stereocenters. The average Bonchev–Trinajstić information content (AvgIpc) is 2.77. The molecule has 0 fully saturated rings. The van der Waals surface area contributed by atoms with E-state index < -0.39 is 13.0 Å². The lowest BCUT2D eigenvalue weighted by molar-refractivity contribution is 0.0167. The second kappa shape index (κ2) is 5.93. The number of fused-ring (bicyclic) bond motifs is 1. The minimum atomic E-state index is -2.51. The van der Waals surface area contributed by atoms with Gasteiger partial charge in [-0.2, -0.15) is 0 Å². The molecule has 2 aromatic rings. The molecule has 3 nitrogen and oxygen atoms in total. The van der Waals surface area contributed by atoms with Crippen molar-refractivity contribution in [3.63, 3.8) is 0 Å². The Hall–Kier alpha value is -1.75. The number of aryl methyl sites for hydroxylation is 1. The number of hydrogen-bond donors (Lipinski definition) is 0. The number of benzene rings is 1. The second-order valence-electron chi connectivity index (χ2n) is 4.29. The Morgan fingerprint density at radius 1 is 1.37 bits per heavy atom. The smallest absolute Gasteiger partial charge is 0.261 e. The lowest BCUT2D eigenvalue weighted by Gasteiger charge is -2.01. The third-order valence-electron chi connectivity index (χ3n) is 2.66. The fourth-order valence-corrected chi connectivity index (χ4v) is 1.76. The monoisotopic (exact) mass is 268 g/mol. The largest absolute Gasteiger partial charge is 0.453 e. The summed E-state index contributed by atoms with van der Waals surface area (Å²) in [5, 5.41) is 0.858. The van der Waals surface area contributed by atoms with E-state index in [1.165, 1.54) is 0 Å². The number of carbonyl (C=O) groups is 1. The topological polar surface area (TPSA) is 39.4 Å². The number of ketones is 1. The summed E-state index contributed by atoms with van der Waals surface area (Å²) in [7, 11) is 0. The summed E-state index contributed by atoms with van der Waals surface area (Å²) in [6, 6.07) is 7.28. The molecule has 0 aliphatic carbocycles. The van der Waals surface area contributed by atoms with Gasteiger partial charge in [-0.15, -0.1) is 0 Å². The molecule has 2 rings (SSSR count). The molecule has 0 aliphatic heterocycles. The molecule has 0 spiro atoms. The predicted molar refractivity (Wildman–Crippen MR) is 66.7 cm³/mol. The normalized spacial score (nSPS) is 11.4. The maximum absolute atomic E-state index is 11.8. The van der Waals surface area contributed by atoms with Gasteiger partial charge >= 0.3 is 0 Å². The summed E-state index contributed by atoms with van der Waals surface area (Å²) in [6.07, 6.45) is -2.48. The lowest BCUT2D eigenvalue weighted by atomic mass is 10.1. The second-order valence-corrected chi connectivity index (χ2v) is 4.29. The van der Waals surface area contributed by atoms with Crippen LogP contribution >= 0.6 is 0 Å². The van der Waals surface area contributed by atoms with E-state index in [1.54, 1.807) is 12.1 Å². The van der Waals surface area contributed by atoms with Crippen molar-refractivity contribution in [1.82, 2.24) is 0 Å². The summed E-state index contributed by atoms with van der Waals surface area (Å²) >= 11 is 0. The molecule has 102 valence electrons. The zero-order valence-corrected chi connectivity index (χ0v) is 10.5. The van der Waals surface area contributed by atoms with Gasteiger partial charge in [0.15, 0.2) is 11.5 Å². The van der Waals surface area contributed by atoms with Crippen LogP contribution < -0.4 is 0 Å². The number of rotatable bonds is 6. The minimum absolute atomic E-state index is 0.0285. The molecule has 1 heterocycles. The van der Waals surface area contributed by atoms with Crippen LogP contribution in [-0.2, 0) is 4.74 Å². The summed E-state index contributed by atoms with van der Waals surface area (Å²) in [5.74, 6) is -0.00985. The van der Waals surface area contributed by atoms with E-state index >= 15 is 0 Å². The zero-order valence-electron chi connectivity index (χ0n) is 10.5. The first-order valence-corrected chi connectivity index (χ1v) is 5.95. The number of furan rings is 1. The molecule has 1 aromatic carbocycles. The van der Waals surface area contributed by atoms with Gasteiger partial charge in [0.1, 0.15) is 12.2 Å². The van der Waals surface area contributed by atoms with Crippen LogP contribution in [0.2, 0.25) is 0 Å². The van der Waals surface area contributed by atoms with E-state index in [4.69, 9.17) is 4.42 Å². The van der Waals surface area contributed by atoms with Crippen molar-refractivity contribution in [1.29, 1.82) is 0 Å². The Morgan fingerprint density at radius 3 is 2.89 bits per heavy atom. The maximum atomic E-state index is 11.8. The third kappa shape index (κ3) is 3.61. The van der Waals surface area contributed by atoms with E-state index in [0.717, 1.165) is 10.9 Å². The van der Waals surface area contributed by atoms with E-state index in [1.807, 2.05) is 19.1 Å². The van der Waals surface area contributed by atoms with Gasteiger partial charge in [-0.25, -0.2) is 8.78 Å². The molecular weight excluding hydrogens is 254 g/mol. The summed E-state index contributed by atoms with van der Waals surface area (Å²) < 4.78 is 33.7. The zero-order chi connectivity index (χ0) is 13.8. The summed E-state index contributed by atoms with van der Waals surface area (Å²) in [4.78, 5) is 11.8. The Kier molecular flexibility index (Phi) is 4.27. The number of ether oxygens (including phenoxy) is 1. The molecular formula is C14H14F2O3. The molecule has 19 heavy (non-hydrogen) atoms. The van der Waals surface area contributed by atoms with Crippen molar-refractivity contribution in [2.24, 2.45) is 0 Å². The van der Waals surface area contributed by atoms with Crippen molar-refractivity contribution in [2.75, 3.05) is 13.2 Å². The van der Waals surface area contributed by atoms with Crippen LogP contribution in [0.3, 0.4) is 0 Å². The first kappa shape index (κ1) is 13.7. The quantitative estimate of drug-likeness (QED) is 0.593. The van der Waals surface area contributed by atoms with Crippen LogP contribution in [0.1, 0.15) is 22.5 Å². The molecule has 0 atom stereocenters. The first-order chi connectivity index (χ1) is 9.06. The van der Waals surface area contributed by atoms with E-state index in [9.17, 15) is 13.6 Å². The minimum Gasteiger partial charge on any atom is -0.453 e. The van der Waals surface area contributed by atoms with Gasteiger partial charge < -0.3 is 9.15 Å². The highest BCUT2D eigenvalue weighted by Crippen LogP contribution is 2.21. The van der Waals surface area contributed by atoms with Crippen molar-refractivity contribution in [3.05, 3.63) is 35.6 Å². The van der Waals surface area contributed by atoms with Crippen LogP contribution in [0.4, 0.5) is 8.78 Å². The molecule has 1 aromatic heterocycles. The molecule has 0 saturated heterocycles. The fraction of sp³-hybridized carbons (Fsp3) is 0.357. The summed E-state index contributed by atoms with van der Waals surface area (Å²) in [5.41, 5.74) is 1.72. The van der Waals surface area contributed by atoms with Gasteiger partial charge in [-0.1, -0.05) is 11.6 Å². The molecule has 5 heteroatoms. The van der Waals surface area contributed by atoms with Crippen molar-refractivity contribution >= 4 is 16.8 Å². The van der Waals surface area contributed by atoms with Gasteiger partial charge in [0.05, 0.1) is 6.61 Å². The number of carbonyl (C=O) groups excluding carboxylic acids is 1. The Balaban J connectivity index is 1.97. The van der Waals surface area contributed by atoms with Crippen LogP contribution in [0.25, 0.3) is 11.0 Å². The fourth-order valence-electron chi connectivity index (χ4n) is 1.76.